The van der Waals surface area contributed by atoms with Gasteiger partial charge in [-0.2, -0.15) is 0 Å². The number of rotatable bonds is 5. The average Bonchev–Trinajstić information content (AvgIpc) is 2.81. The molecule has 2 heterocycles. The van der Waals surface area contributed by atoms with Gasteiger partial charge in [-0.05, 0) is 30.7 Å². The summed E-state index contributed by atoms with van der Waals surface area (Å²) in [6.07, 6.45) is 0.836. The Morgan fingerprint density at radius 1 is 1.03 bits per heavy atom. The molecule has 0 bridgehead atoms. The van der Waals surface area contributed by atoms with E-state index in [-0.39, 0.29) is 12.5 Å². The minimum Gasteiger partial charge on any atom is -0.482 e. The van der Waals surface area contributed by atoms with E-state index in [2.05, 4.69) is 50.4 Å². The van der Waals surface area contributed by atoms with E-state index in [1.807, 2.05) is 36.2 Å². The number of benzene rings is 2. The average molecular weight is 408 g/mol. The summed E-state index contributed by atoms with van der Waals surface area (Å²) in [6.45, 7) is 5.35. The smallest absolute Gasteiger partial charge is 0.265 e. The molecule has 0 saturated carbocycles. The highest BCUT2D eigenvalue weighted by molar-refractivity contribution is 5.97. The third-order valence-corrected chi connectivity index (χ3v) is 5.56. The molecule has 0 aliphatic carbocycles. The number of nitrogens with one attached hydrogen (secondary N) is 1. The molecule has 0 atom stereocenters. The van der Waals surface area contributed by atoms with Crippen molar-refractivity contribution in [2.75, 3.05) is 62.7 Å². The lowest BCUT2D eigenvalue weighted by Gasteiger charge is -2.37. The fraction of sp³-hybridized carbons (Fsp3) is 0.391. The summed E-state index contributed by atoms with van der Waals surface area (Å²) in [5.41, 5.74) is 2.13. The van der Waals surface area contributed by atoms with E-state index >= 15 is 0 Å². The molecule has 7 nitrogen and oxygen atoms in total. The molecule has 0 spiro atoms. The van der Waals surface area contributed by atoms with Gasteiger partial charge in [-0.25, -0.2) is 0 Å². The zero-order valence-electron chi connectivity index (χ0n) is 17.5. The van der Waals surface area contributed by atoms with Gasteiger partial charge in [-0.3, -0.25) is 9.79 Å². The molecule has 1 saturated heterocycles. The minimum atomic E-state index is 0.00937. The van der Waals surface area contributed by atoms with Crippen LogP contribution in [0, 0.1) is 0 Å². The lowest BCUT2D eigenvalue weighted by molar-refractivity contribution is -0.121. The van der Waals surface area contributed by atoms with Gasteiger partial charge >= 0.3 is 0 Å². The number of nitrogens with zero attached hydrogens (tertiary/aromatic N) is 4. The molecule has 0 aromatic heterocycles. The first kappa shape index (κ1) is 20.1. The molecule has 158 valence electrons. The van der Waals surface area contributed by atoms with E-state index in [1.54, 1.807) is 0 Å². The van der Waals surface area contributed by atoms with Crippen LogP contribution in [0.4, 0.5) is 11.4 Å². The highest BCUT2D eigenvalue weighted by Crippen LogP contribution is 2.31. The van der Waals surface area contributed by atoms with E-state index in [1.165, 1.54) is 5.69 Å². The fourth-order valence-corrected chi connectivity index (χ4v) is 3.98. The van der Waals surface area contributed by atoms with Crippen molar-refractivity contribution in [3.8, 4) is 5.75 Å². The second-order valence-electron chi connectivity index (χ2n) is 7.44. The normalized spacial score (nSPS) is 16.9. The molecular formula is C23H29N5O2. The fourth-order valence-electron chi connectivity index (χ4n) is 3.98. The number of carbonyl (C=O) groups excluding carboxylic acids is 1. The number of guanidine groups is 1. The molecular weight excluding hydrogens is 378 g/mol. The number of anilines is 2. The molecule has 1 N–H and O–H groups in total. The highest BCUT2D eigenvalue weighted by Gasteiger charge is 2.25. The second-order valence-corrected chi connectivity index (χ2v) is 7.44. The van der Waals surface area contributed by atoms with Gasteiger partial charge in [0.25, 0.3) is 5.91 Å². The van der Waals surface area contributed by atoms with Crippen LogP contribution in [0.5, 0.6) is 5.75 Å². The predicted molar refractivity (Wildman–Crippen MR) is 120 cm³/mol. The van der Waals surface area contributed by atoms with Gasteiger partial charge < -0.3 is 24.8 Å². The number of hydrogen-bond acceptors (Lipinski definition) is 4. The van der Waals surface area contributed by atoms with Crippen molar-refractivity contribution in [3.63, 3.8) is 0 Å². The van der Waals surface area contributed by atoms with Gasteiger partial charge in [0.2, 0.25) is 0 Å². The Morgan fingerprint density at radius 2 is 1.77 bits per heavy atom. The maximum Gasteiger partial charge on any atom is 0.265 e. The lowest BCUT2D eigenvalue weighted by atomic mass is 10.2. The van der Waals surface area contributed by atoms with Crippen LogP contribution in [0.3, 0.4) is 0 Å². The summed E-state index contributed by atoms with van der Waals surface area (Å²) in [4.78, 5) is 23.3. The zero-order valence-corrected chi connectivity index (χ0v) is 17.5. The van der Waals surface area contributed by atoms with E-state index in [9.17, 15) is 4.79 Å². The van der Waals surface area contributed by atoms with Crippen molar-refractivity contribution < 1.29 is 9.53 Å². The van der Waals surface area contributed by atoms with Crippen LogP contribution in [-0.2, 0) is 4.79 Å². The maximum atomic E-state index is 12.3. The highest BCUT2D eigenvalue weighted by atomic mass is 16.5. The van der Waals surface area contributed by atoms with E-state index < -0.39 is 0 Å². The third kappa shape index (κ3) is 4.50. The summed E-state index contributed by atoms with van der Waals surface area (Å²) in [6, 6.07) is 18.2. The van der Waals surface area contributed by atoms with Crippen LogP contribution in [0.2, 0.25) is 0 Å². The Bertz CT molecular complexity index is 878. The number of piperazine rings is 1. The van der Waals surface area contributed by atoms with Crippen LogP contribution in [0.15, 0.2) is 59.6 Å². The molecule has 7 heteroatoms. The molecule has 30 heavy (non-hydrogen) atoms. The summed E-state index contributed by atoms with van der Waals surface area (Å²) in [5, 5.41) is 3.46. The Labute approximate surface area is 177 Å². The van der Waals surface area contributed by atoms with Gasteiger partial charge in [0.05, 0.1) is 5.69 Å². The first-order valence-corrected chi connectivity index (χ1v) is 10.5. The molecule has 0 unspecified atom stereocenters. The lowest BCUT2D eigenvalue weighted by Crippen LogP contribution is -2.52. The Kier molecular flexibility index (Phi) is 6.37. The molecule has 2 aliphatic heterocycles. The predicted octanol–water partition coefficient (Wildman–Crippen LogP) is 2.20. The number of carbonyl (C=O) groups is 1. The molecule has 1 fully saturated rings. The third-order valence-electron chi connectivity index (χ3n) is 5.56. The maximum absolute atomic E-state index is 12.3. The van der Waals surface area contributed by atoms with Crippen LogP contribution >= 0.6 is 0 Å². The van der Waals surface area contributed by atoms with Crippen LogP contribution in [0.1, 0.15) is 6.42 Å². The van der Waals surface area contributed by atoms with Crippen LogP contribution < -0.4 is 19.9 Å². The van der Waals surface area contributed by atoms with E-state index in [4.69, 9.17) is 4.74 Å². The van der Waals surface area contributed by atoms with Crippen molar-refractivity contribution in [1.82, 2.24) is 10.2 Å². The molecule has 2 aromatic rings. The SMILES string of the molecule is CN=C(NCCCN1C(=O)COc2ccccc21)N1CCN(c2ccccc2)CC1. The second kappa shape index (κ2) is 9.52. The van der Waals surface area contributed by atoms with E-state index in [0.717, 1.165) is 56.5 Å². The Balaban J connectivity index is 1.25. The number of ether oxygens (including phenoxy) is 1. The van der Waals surface area contributed by atoms with Crippen molar-refractivity contribution in [2.45, 2.75) is 6.42 Å². The van der Waals surface area contributed by atoms with Crippen molar-refractivity contribution in [3.05, 3.63) is 54.6 Å². The summed E-state index contributed by atoms with van der Waals surface area (Å²) < 4.78 is 5.51. The number of hydrogen-bond donors (Lipinski definition) is 1. The minimum absolute atomic E-state index is 0.00937. The monoisotopic (exact) mass is 407 g/mol. The Hall–Kier alpha value is -3.22. The topological polar surface area (TPSA) is 60.4 Å². The van der Waals surface area contributed by atoms with Crippen molar-refractivity contribution in [1.29, 1.82) is 0 Å². The van der Waals surface area contributed by atoms with Crippen LogP contribution in [-0.4, -0.2) is 69.7 Å². The van der Waals surface area contributed by atoms with Gasteiger partial charge in [0.15, 0.2) is 12.6 Å². The first-order chi connectivity index (χ1) is 14.8. The molecule has 2 aliphatic rings. The van der Waals surface area contributed by atoms with Gasteiger partial charge in [0.1, 0.15) is 5.75 Å². The number of aliphatic imine (C=N–C) groups is 1. The summed E-state index contributed by atoms with van der Waals surface area (Å²) in [5.74, 6) is 1.71. The largest absolute Gasteiger partial charge is 0.482 e. The van der Waals surface area contributed by atoms with Gasteiger partial charge in [-0.1, -0.05) is 30.3 Å². The van der Waals surface area contributed by atoms with Crippen LogP contribution in [0.25, 0.3) is 0 Å². The standard InChI is InChI=1S/C23H29N5O2/c1-24-23(27-16-14-26(15-17-27)19-8-3-2-4-9-19)25-12-7-13-28-20-10-5-6-11-21(20)30-18-22(28)29/h2-6,8-11H,7,12-18H2,1H3,(H,24,25). The van der Waals surface area contributed by atoms with Crippen molar-refractivity contribution in [2.24, 2.45) is 4.99 Å². The summed E-state index contributed by atoms with van der Waals surface area (Å²) >= 11 is 0. The van der Waals surface area contributed by atoms with Crippen molar-refractivity contribution >= 4 is 23.2 Å². The molecule has 4 rings (SSSR count). The number of fused-ring (bicyclic) bond motifs is 1. The quantitative estimate of drug-likeness (QED) is 0.468. The Morgan fingerprint density at radius 3 is 2.53 bits per heavy atom. The molecule has 1 amide bonds. The molecule has 2 aromatic carbocycles. The van der Waals surface area contributed by atoms with Gasteiger partial charge in [-0.15, -0.1) is 0 Å². The summed E-state index contributed by atoms with van der Waals surface area (Å²) in [7, 11) is 1.83. The van der Waals surface area contributed by atoms with E-state index in [0.29, 0.717) is 6.54 Å². The molecule has 0 radical (unpaired) electrons. The van der Waals surface area contributed by atoms with Gasteiger partial charge in [0, 0.05) is 52.0 Å². The number of para-hydroxylation sites is 3. The number of amides is 1. The first-order valence-electron chi connectivity index (χ1n) is 10.5. The zero-order chi connectivity index (χ0) is 20.8.